The Kier molecular flexibility index (Phi) is 11.6. The predicted octanol–water partition coefficient (Wildman–Crippen LogP) is -1.31. The number of nitrogens with one attached hydrogen (secondary N) is 2. The molecule has 23 heavy (non-hydrogen) atoms. The maximum atomic E-state index is 11.2. The summed E-state index contributed by atoms with van der Waals surface area (Å²) in [7, 11) is 2.63. The molecular weight excluding hydrogens is 320 g/mol. The minimum atomic E-state index is -0.981. The molecule has 0 rings (SSSR count). The summed E-state index contributed by atoms with van der Waals surface area (Å²) < 4.78 is 26.8. The molecule has 12 heteroatoms. The molecular formula is C11H18N2O10. The standard InChI is InChI=1S/C11H18N2O10/c1-18-3-8(14)21-7-22-9(15)4-20-10(16)12-5-13-11(17)23-6-19-2/h3-7H2,1-2H3,(H,12,16)(H,13,17). The van der Waals surface area contributed by atoms with Crippen LogP contribution in [0.4, 0.5) is 9.59 Å². The summed E-state index contributed by atoms with van der Waals surface area (Å²) in [6.45, 7) is -2.14. The molecule has 0 aromatic carbocycles. The van der Waals surface area contributed by atoms with Gasteiger partial charge in [0.2, 0.25) is 6.79 Å². The normalized spacial score (nSPS) is 9.48. The van der Waals surface area contributed by atoms with Crippen LogP contribution in [0.25, 0.3) is 0 Å². The van der Waals surface area contributed by atoms with Gasteiger partial charge in [-0.05, 0) is 0 Å². The monoisotopic (exact) mass is 338 g/mol. The number of rotatable bonds is 10. The van der Waals surface area contributed by atoms with Gasteiger partial charge in [-0.2, -0.15) is 0 Å². The minimum Gasteiger partial charge on any atom is -0.438 e. The zero-order valence-corrected chi connectivity index (χ0v) is 12.6. The van der Waals surface area contributed by atoms with Crippen LogP contribution in [-0.2, 0) is 38.0 Å². The second-order valence-corrected chi connectivity index (χ2v) is 3.53. The van der Waals surface area contributed by atoms with Crippen LogP contribution in [0, 0.1) is 0 Å². The van der Waals surface area contributed by atoms with Gasteiger partial charge in [0.15, 0.2) is 13.4 Å². The van der Waals surface area contributed by atoms with E-state index in [2.05, 4.69) is 39.1 Å². The Labute approximate surface area is 131 Å². The van der Waals surface area contributed by atoms with Gasteiger partial charge in [-0.15, -0.1) is 0 Å². The quantitative estimate of drug-likeness (QED) is 0.279. The van der Waals surface area contributed by atoms with Crippen LogP contribution >= 0.6 is 0 Å². The molecule has 0 aliphatic heterocycles. The Hall–Kier alpha value is -2.60. The first kappa shape index (κ1) is 20.4. The predicted molar refractivity (Wildman–Crippen MR) is 69.8 cm³/mol. The van der Waals surface area contributed by atoms with Crippen molar-refractivity contribution in [3.8, 4) is 0 Å². The molecule has 2 N–H and O–H groups in total. The van der Waals surface area contributed by atoms with E-state index in [9.17, 15) is 19.2 Å². The van der Waals surface area contributed by atoms with E-state index < -0.39 is 37.5 Å². The largest absolute Gasteiger partial charge is 0.438 e. The van der Waals surface area contributed by atoms with Gasteiger partial charge in [-0.25, -0.2) is 19.2 Å². The van der Waals surface area contributed by atoms with E-state index in [4.69, 9.17) is 0 Å². The van der Waals surface area contributed by atoms with E-state index in [1.54, 1.807) is 0 Å². The second-order valence-electron chi connectivity index (χ2n) is 3.53. The summed E-state index contributed by atoms with van der Waals surface area (Å²) in [6.07, 6.45) is -1.80. The van der Waals surface area contributed by atoms with E-state index in [1.165, 1.54) is 14.2 Å². The molecule has 0 radical (unpaired) electrons. The number of carbonyl (C=O) groups excluding carboxylic acids is 4. The number of hydrogen-bond donors (Lipinski definition) is 2. The van der Waals surface area contributed by atoms with Crippen LogP contribution in [0.5, 0.6) is 0 Å². The highest BCUT2D eigenvalue weighted by atomic mass is 16.7. The third-order valence-corrected chi connectivity index (χ3v) is 1.80. The molecule has 0 saturated heterocycles. The van der Waals surface area contributed by atoms with Gasteiger partial charge in [-0.1, -0.05) is 0 Å². The van der Waals surface area contributed by atoms with Gasteiger partial charge >= 0.3 is 24.1 Å². The summed E-state index contributed by atoms with van der Waals surface area (Å²) in [5.74, 6) is -1.65. The zero-order valence-electron chi connectivity index (χ0n) is 12.6. The van der Waals surface area contributed by atoms with Gasteiger partial charge in [0.05, 0.1) is 6.67 Å². The maximum absolute atomic E-state index is 11.2. The molecule has 0 aliphatic rings. The van der Waals surface area contributed by atoms with Gasteiger partial charge in [-0.3, -0.25) is 0 Å². The third-order valence-electron chi connectivity index (χ3n) is 1.80. The molecule has 0 heterocycles. The lowest BCUT2D eigenvalue weighted by molar-refractivity contribution is -0.171. The maximum Gasteiger partial charge on any atom is 0.410 e. The summed E-state index contributed by atoms with van der Waals surface area (Å²) >= 11 is 0. The highest BCUT2D eigenvalue weighted by Gasteiger charge is 2.10. The minimum absolute atomic E-state index is 0.239. The molecule has 0 unspecified atom stereocenters. The molecule has 0 aromatic heterocycles. The van der Waals surface area contributed by atoms with Gasteiger partial charge < -0.3 is 39.1 Å². The van der Waals surface area contributed by atoms with Gasteiger partial charge in [0.1, 0.15) is 6.61 Å². The molecule has 0 aromatic rings. The van der Waals surface area contributed by atoms with Crippen molar-refractivity contribution in [2.45, 2.75) is 0 Å². The van der Waals surface area contributed by atoms with Crippen molar-refractivity contribution in [1.29, 1.82) is 0 Å². The van der Waals surface area contributed by atoms with E-state index in [1.807, 2.05) is 0 Å². The Morgan fingerprint density at radius 3 is 1.83 bits per heavy atom. The summed E-state index contributed by atoms with van der Waals surface area (Å²) in [5, 5.41) is 4.27. The first-order chi connectivity index (χ1) is 11.0. The van der Waals surface area contributed by atoms with Crippen molar-refractivity contribution in [1.82, 2.24) is 10.6 Å². The lowest BCUT2D eigenvalue weighted by Gasteiger charge is -2.09. The van der Waals surface area contributed by atoms with Crippen molar-refractivity contribution < 1.29 is 47.6 Å². The number of hydrogen-bond acceptors (Lipinski definition) is 10. The van der Waals surface area contributed by atoms with Crippen molar-refractivity contribution in [2.75, 3.05) is 47.7 Å². The smallest absolute Gasteiger partial charge is 0.410 e. The van der Waals surface area contributed by atoms with Crippen LogP contribution < -0.4 is 10.6 Å². The first-order valence-electron chi connectivity index (χ1n) is 6.10. The molecule has 0 spiro atoms. The molecule has 132 valence electrons. The first-order valence-corrected chi connectivity index (χ1v) is 6.10. The van der Waals surface area contributed by atoms with Gasteiger partial charge in [0, 0.05) is 14.2 Å². The summed E-state index contributed by atoms with van der Waals surface area (Å²) in [5.41, 5.74) is 0. The van der Waals surface area contributed by atoms with E-state index >= 15 is 0 Å². The van der Waals surface area contributed by atoms with Crippen molar-refractivity contribution in [2.24, 2.45) is 0 Å². The Morgan fingerprint density at radius 2 is 1.26 bits per heavy atom. The van der Waals surface area contributed by atoms with Crippen LogP contribution in [0.2, 0.25) is 0 Å². The Bertz CT molecular complexity index is 400. The molecule has 2 amide bonds. The number of ether oxygens (including phenoxy) is 6. The molecule has 0 bridgehead atoms. The number of esters is 2. The SMILES string of the molecule is COCOC(=O)NCNC(=O)OCC(=O)OCOC(=O)COC. The number of amides is 2. The number of methoxy groups -OCH3 is 2. The third kappa shape index (κ3) is 12.8. The number of carbonyl (C=O) groups is 4. The molecule has 0 atom stereocenters. The molecule has 0 saturated carbocycles. The second kappa shape index (κ2) is 13.1. The fourth-order valence-electron chi connectivity index (χ4n) is 0.890. The molecule has 0 fully saturated rings. The van der Waals surface area contributed by atoms with Crippen LogP contribution in [-0.4, -0.2) is 71.8 Å². The summed E-state index contributed by atoms with van der Waals surface area (Å²) in [6, 6.07) is 0. The van der Waals surface area contributed by atoms with E-state index in [-0.39, 0.29) is 20.1 Å². The van der Waals surface area contributed by atoms with E-state index in [0.717, 1.165) is 0 Å². The van der Waals surface area contributed by atoms with Crippen molar-refractivity contribution in [3.05, 3.63) is 0 Å². The van der Waals surface area contributed by atoms with Crippen LogP contribution in [0.3, 0.4) is 0 Å². The summed E-state index contributed by atoms with van der Waals surface area (Å²) in [4.78, 5) is 44.1. The average molecular weight is 338 g/mol. The highest BCUT2D eigenvalue weighted by molar-refractivity contribution is 5.76. The van der Waals surface area contributed by atoms with Crippen LogP contribution in [0.1, 0.15) is 0 Å². The fraction of sp³-hybridized carbons (Fsp3) is 0.636. The van der Waals surface area contributed by atoms with Crippen LogP contribution in [0.15, 0.2) is 0 Å². The molecule has 12 nitrogen and oxygen atoms in total. The topological polar surface area (TPSA) is 148 Å². The van der Waals surface area contributed by atoms with Gasteiger partial charge in [0.25, 0.3) is 0 Å². The average Bonchev–Trinajstić information content (AvgIpc) is 2.51. The molecule has 0 aliphatic carbocycles. The van der Waals surface area contributed by atoms with Crippen molar-refractivity contribution in [3.63, 3.8) is 0 Å². The highest BCUT2D eigenvalue weighted by Crippen LogP contribution is 1.86. The van der Waals surface area contributed by atoms with Crippen molar-refractivity contribution >= 4 is 24.1 Å². The lowest BCUT2D eigenvalue weighted by Crippen LogP contribution is -2.38. The Morgan fingerprint density at radius 1 is 0.696 bits per heavy atom. The number of alkyl carbamates (subject to hydrolysis) is 2. The van der Waals surface area contributed by atoms with E-state index in [0.29, 0.717) is 0 Å². The fourth-order valence-corrected chi connectivity index (χ4v) is 0.890. The lowest BCUT2D eigenvalue weighted by atomic mass is 10.7. The Balaban J connectivity index is 3.62. The zero-order chi connectivity index (χ0) is 17.5.